The minimum absolute atomic E-state index is 0.128. The lowest BCUT2D eigenvalue weighted by Gasteiger charge is -2.35. The second-order valence-corrected chi connectivity index (χ2v) is 13.4. The highest BCUT2D eigenvalue weighted by Crippen LogP contribution is 2.32. The number of esters is 1. The molecule has 1 saturated heterocycles. The maximum Gasteiger partial charge on any atom is 0.407 e. The van der Waals surface area contributed by atoms with E-state index in [9.17, 15) is 9.59 Å². The molecule has 0 spiro atoms. The molecule has 23 heavy (non-hydrogen) atoms. The highest BCUT2D eigenvalue weighted by Gasteiger charge is 2.38. The largest absolute Gasteiger partial charge is 0.460 e. The van der Waals surface area contributed by atoms with Gasteiger partial charge in [0.2, 0.25) is 0 Å². The van der Waals surface area contributed by atoms with Crippen molar-refractivity contribution in [2.24, 2.45) is 0 Å². The second-order valence-electron chi connectivity index (χ2n) is 8.68. The molecule has 1 aliphatic rings. The molecule has 6 heteroatoms. The Bertz CT molecular complexity index is 417. The van der Waals surface area contributed by atoms with Gasteiger partial charge in [0, 0.05) is 12.2 Å². The molecule has 1 rings (SSSR count). The first-order valence-corrected chi connectivity index (χ1v) is 11.4. The van der Waals surface area contributed by atoms with Crippen LogP contribution >= 0.6 is 0 Å². The third kappa shape index (κ3) is 8.39. The van der Waals surface area contributed by atoms with E-state index < -0.39 is 19.3 Å². The number of alkyl carbamates (subject to hydrolysis) is 1. The average Bonchev–Trinajstić information content (AvgIpc) is 2.33. The Hall–Kier alpha value is -1.04. The van der Waals surface area contributed by atoms with Crippen LogP contribution in [0.4, 0.5) is 4.79 Å². The van der Waals surface area contributed by atoms with Crippen molar-refractivity contribution in [2.45, 2.75) is 90.1 Å². The molecular weight excluding hydrogens is 310 g/mol. The number of hydrogen-bond acceptors (Lipinski definition) is 4. The molecule has 1 heterocycles. The van der Waals surface area contributed by atoms with Crippen molar-refractivity contribution >= 4 is 20.1 Å². The molecule has 0 unspecified atom stereocenters. The molecule has 0 atom stereocenters. The maximum atomic E-state index is 12.3. The molecule has 0 radical (unpaired) electrons. The fourth-order valence-electron chi connectivity index (χ4n) is 2.98. The first-order valence-electron chi connectivity index (χ1n) is 8.60. The summed E-state index contributed by atoms with van der Waals surface area (Å²) in [6, 6.07) is 2.63. The smallest absolute Gasteiger partial charge is 0.407 e. The van der Waals surface area contributed by atoms with E-state index in [0.29, 0.717) is 12.2 Å². The monoisotopic (exact) mass is 343 g/mol. The number of amides is 1. The lowest BCUT2D eigenvalue weighted by Crippen LogP contribution is -2.51. The molecule has 1 amide bonds. The van der Waals surface area contributed by atoms with Gasteiger partial charge in [0.15, 0.2) is 0 Å². The zero-order valence-corrected chi connectivity index (χ0v) is 16.6. The fraction of sp³-hybridized carbons (Fsp3) is 0.882. The number of rotatable bonds is 4. The lowest BCUT2D eigenvalue weighted by molar-refractivity contribution is -0.152. The van der Waals surface area contributed by atoms with E-state index in [0.717, 1.165) is 24.9 Å². The number of ether oxygens (including phenoxy) is 2. The Balaban J connectivity index is 2.64. The molecule has 1 N–H and O–H groups in total. The molecule has 0 aliphatic carbocycles. The van der Waals surface area contributed by atoms with Gasteiger partial charge in [-0.25, -0.2) is 4.79 Å². The summed E-state index contributed by atoms with van der Waals surface area (Å²) in [5.41, 5.74) is -0.962. The summed E-state index contributed by atoms with van der Waals surface area (Å²) >= 11 is 0. The molecule has 0 aromatic heterocycles. The summed E-state index contributed by atoms with van der Waals surface area (Å²) in [6.45, 7) is 11.2. The van der Waals surface area contributed by atoms with Gasteiger partial charge in [0.1, 0.15) is 11.2 Å². The van der Waals surface area contributed by atoms with E-state index in [1.54, 1.807) is 0 Å². The van der Waals surface area contributed by atoms with Gasteiger partial charge in [-0.3, -0.25) is 4.79 Å². The summed E-state index contributed by atoms with van der Waals surface area (Å²) in [5.74, 6) is -0.128. The fourth-order valence-corrected chi connectivity index (χ4v) is 7.26. The normalized spacial score (nSPS) is 18.2. The van der Waals surface area contributed by atoms with Crippen LogP contribution in [0.3, 0.4) is 0 Å². The molecule has 0 saturated carbocycles. The van der Waals surface area contributed by atoms with Crippen LogP contribution in [0.5, 0.6) is 0 Å². The Morgan fingerprint density at radius 3 is 1.91 bits per heavy atom. The van der Waals surface area contributed by atoms with Crippen LogP contribution in [0.15, 0.2) is 0 Å². The molecule has 134 valence electrons. The van der Waals surface area contributed by atoms with Crippen molar-refractivity contribution in [3.8, 4) is 0 Å². The minimum atomic E-state index is -1.87. The van der Waals surface area contributed by atoms with Gasteiger partial charge in [0.05, 0.1) is 8.07 Å². The van der Waals surface area contributed by atoms with Gasteiger partial charge in [0.25, 0.3) is 0 Å². The SMILES string of the molecule is CC(C)(C)OC(=O)C[Si]1(CNC(=O)OC(C)(C)C)CCCCC1. The van der Waals surface area contributed by atoms with E-state index in [1.165, 1.54) is 6.42 Å². The molecule has 0 bridgehead atoms. The third-order valence-electron chi connectivity index (χ3n) is 3.86. The highest BCUT2D eigenvalue weighted by molar-refractivity contribution is 6.82. The van der Waals surface area contributed by atoms with E-state index in [4.69, 9.17) is 9.47 Å². The Morgan fingerprint density at radius 1 is 0.913 bits per heavy atom. The maximum absolute atomic E-state index is 12.3. The third-order valence-corrected chi connectivity index (χ3v) is 8.65. The van der Waals surface area contributed by atoms with Crippen LogP contribution in [-0.4, -0.2) is 37.5 Å². The zero-order valence-electron chi connectivity index (χ0n) is 15.6. The Labute approximate surface area is 141 Å². The Kier molecular flexibility index (Phi) is 6.68. The van der Waals surface area contributed by atoms with Gasteiger partial charge in [-0.15, -0.1) is 0 Å². The average molecular weight is 344 g/mol. The van der Waals surface area contributed by atoms with Crippen LogP contribution in [0.2, 0.25) is 18.1 Å². The van der Waals surface area contributed by atoms with Crippen LogP contribution in [0.25, 0.3) is 0 Å². The standard InChI is InChI=1S/C17H33NO4Si/c1-16(2,3)21-14(19)12-23(10-8-7-9-11-23)13-18-15(20)22-17(4,5)6/h7-13H2,1-6H3,(H,18,20). The van der Waals surface area contributed by atoms with Crippen molar-refractivity contribution in [1.82, 2.24) is 5.32 Å². The first kappa shape index (κ1) is 20.0. The van der Waals surface area contributed by atoms with Gasteiger partial charge in [-0.05, 0) is 41.5 Å². The summed E-state index contributed by atoms with van der Waals surface area (Å²) in [6.07, 6.45) is 3.71. The van der Waals surface area contributed by atoms with Gasteiger partial charge >= 0.3 is 12.1 Å². The highest BCUT2D eigenvalue weighted by atomic mass is 28.3. The summed E-state index contributed by atoms with van der Waals surface area (Å²) in [7, 11) is -1.87. The van der Waals surface area contributed by atoms with Crippen LogP contribution in [0, 0.1) is 0 Å². The van der Waals surface area contributed by atoms with E-state index in [2.05, 4.69) is 5.32 Å². The topological polar surface area (TPSA) is 64.6 Å². The van der Waals surface area contributed by atoms with Crippen molar-refractivity contribution in [2.75, 3.05) is 6.17 Å². The minimum Gasteiger partial charge on any atom is -0.460 e. The predicted molar refractivity (Wildman–Crippen MR) is 94.1 cm³/mol. The van der Waals surface area contributed by atoms with Crippen LogP contribution in [-0.2, 0) is 14.3 Å². The summed E-state index contributed by atoms with van der Waals surface area (Å²) in [5, 5.41) is 2.91. The van der Waals surface area contributed by atoms with Crippen LogP contribution in [0.1, 0.15) is 60.8 Å². The van der Waals surface area contributed by atoms with Crippen molar-refractivity contribution in [1.29, 1.82) is 0 Å². The zero-order chi connectivity index (χ0) is 17.7. The molecule has 0 aromatic rings. The quantitative estimate of drug-likeness (QED) is 0.618. The molecule has 1 aliphatic heterocycles. The number of carbonyl (C=O) groups excluding carboxylic acids is 2. The van der Waals surface area contributed by atoms with Gasteiger partial charge in [-0.1, -0.05) is 31.4 Å². The first-order chi connectivity index (χ1) is 10.4. The number of carbonyl (C=O) groups is 2. The second kappa shape index (κ2) is 7.68. The van der Waals surface area contributed by atoms with Gasteiger partial charge < -0.3 is 14.8 Å². The van der Waals surface area contributed by atoms with Crippen LogP contribution < -0.4 is 5.32 Å². The van der Waals surface area contributed by atoms with Crippen molar-refractivity contribution in [3.05, 3.63) is 0 Å². The van der Waals surface area contributed by atoms with Crippen molar-refractivity contribution in [3.63, 3.8) is 0 Å². The molecule has 1 fully saturated rings. The molecule has 5 nitrogen and oxygen atoms in total. The van der Waals surface area contributed by atoms with E-state index in [1.807, 2.05) is 41.5 Å². The van der Waals surface area contributed by atoms with E-state index in [-0.39, 0.29) is 12.1 Å². The van der Waals surface area contributed by atoms with Crippen molar-refractivity contribution < 1.29 is 19.1 Å². The summed E-state index contributed by atoms with van der Waals surface area (Å²) < 4.78 is 10.8. The lowest BCUT2D eigenvalue weighted by atomic mass is 10.2. The number of hydrogen-bond donors (Lipinski definition) is 1. The van der Waals surface area contributed by atoms with E-state index >= 15 is 0 Å². The predicted octanol–water partition coefficient (Wildman–Crippen LogP) is 4.02. The molecular formula is C17H33NO4Si. The number of nitrogens with one attached hydrogen (secondary N) is 1. The van der Waals surface area contributed by atoms with Gasteiger partial charge in [-0.2, -0.15) is 0 Å². The summed E-state index contributed by atoms with van der Waals surface area (Å²) in [4.78, 5) is 24.2. The molecule has 0 aromatic carbocycles. The Morgan fingerprint density at radius 2 is 1.43 bits per heavy atom.